The number of rotatable bonds is 8. The van der Waals surface area contributed by atoms with Crippen LogP contribution in [0.2, 0.25) is 0 Å². The first kappa shape index (κ1) is 24.4. The Labute approximate surface area is 202 Å². The van der Waals surface area contributed by atoms with Gasteiger partial charge in [-0.2, -0.15) is 4.39 Å². The van der Waals surface area contributed by atoms with E-state index in [-0.39, 0.29) is 23.7 Å². The molecule has 35 heavy (non-hydrogen) atoms. The number of benzene rings is 4. The second-order valence-corrected chi connectivity index (χ2v) is 8.10. The first-order valence-electron chi connectivity index (χ1n) is 11.3. The third-order valence-electron chi connectivity index (χ3n) is 5.66. The SMILES string of the molecule is CCOc1ccc(-c2ccc(COc3ccc(-c4ccc(C(C)O)cc4)c(F)c3F)cc2)cc1F. The monoisotopic (exact) mass is 478 g/mol. The van der Waals surface area contributed by atoms with E-state index in [0.717, 1.165) is 11.1 Å². The second-order valence-electron chi connectivity index (χ2n) is 8.10. The van der Waals surface area contributed by atoms with E-state index in [1.807, 2.05) is 12.1 Å². The van der Waals surface area contributed by atoms with Gasteiger partial charge in [-0.15, -0.1) is 0 Å². The van der Waals surface area contributed by atoms with Gasteiger partial charge in [-0.1, -0.05) is 54.6 Å². The molecule has 0 amide bonds. The van der Waals surface area contributed by atoms with Crippen molar-refractivity contribution in [3.63, 3.8) is 0 Å². The minimum Gasteiger partial charge on any atom is -0.491 e. The first-order chi connectivity index (χ1) is 16.9. The molecule has 0 fully saturated rings. The van der Waals surface area contributed by atoms with E-state index in [1.165, 1.54) is 18.2 Å². The van der Waals surface area contributed by atoms with Crippen LogP contribution in [0.5, 0.6) is 11.5 Å². The molecule has 0 saturated carbocycles. The maximum atomic E-state index is 14.7. The van der Waals surface area contributed by atoms with Gasteiger partial charge in [0, 0.05) is 5.56 Å². The van der Waals surface area contributed by atoms with E-state index in [2.05, 4.69) is 0 Å². The summed E-state index contributed by atoms with van der Waals surface area (Å²) < 4.78 is 54.3. The fraction of sp³-hybridized carbons (Fsp3) is 0.172. The highest BCUT2D eigenvalue weighted by atomic mass is 19.2. The highest BCUT2D eigenvalue weighted by Crippen LogP contribution is 2.31. The average molecular weight is 479 g/mol. The van der Waals surface area contributed by atoms with Crippen LogP contribution in [-0.2, 0) is 6.61 Å². The quantitative estimate of drug-likeness (QED) is 0.286. The summed E-state index contributed by atoms with van der Waals surface area (Å²) in [6.07, 6.45) is -0.641. The number of hydrogen-bond donors (Lipinski definition) is 1. The Morgan fingerprint density at radius 2 is 1.34 bits per heavy atom. The molecule has 0 heterocycles. The number of aliphatic hydroxyl groups excluding tert-OH is 1. The summed E-state index contributed by atoms with van der Waals surface area (Å²) in [6, 6.07) is 21.5. The van der Waals surface area contributed by atoms with Crippen molar-refractivity contribution in [3.8, 4) is 33.8 Å². The smallest absolute Gasteiger partial charge is 0.201 e. The molecule has 6 heteroatoms. The van der Waals surface area contributed by atoms with E-state index in [1.54, 1.807) is 62.4 Å². The molecule has 3 nitrogen and oxygen atoms in total. The van der Waals surface area contributed by atoms with Gasteiger partial charge in [-0.05, 0) is 65.9 Å². The Balaban J connectivity index is 1.45. The maximum Gasteiger partial charge on any atom is 0.201 e. The number of ether oxygens (including phenoxy) is 2. The molecule has 0 aliphatic rings. The van der Waals surface area contributed by atoms with Crippen LogP contribution in [0.4, 0.5) is 13.2 Å². The molecule has 0 aromatic heterocycles. The predicted octanol–water partition coefficient (Wildman–Crippen LogP) is 7.47. The lowest BCUT2D eigenvalue weighted by Gasteiger charge is -2.12. The fourth-order valence-corrected chi connectivity index (χ4v) is 3.71. The standard InChI is InChI=1S/C29H25F3O3/c1-3-34-26-14-12-23(16-25(26)30)21-6-4-19(5-7-21)17-35-27-15-13-24(28(31)29(27)32)22-10-8-20(9-11-22)18(2)33/h4-16,18,33H,3,17H2,1-2H3. The average Bonchev–Trinajstić information content (AvgIpc) is 2.87. The zero-order chi connectivity index (χ0) is 24.9. The molecule has 0 aliphatic carbocycles. The number of aliphatic hydroxyl groups is 1. The van der Waals surface area contributed by atoms with Crippen LogP contribution in [0.1, 0.15) is 31.1 Å². The van der Waals surface area contributed by atoms with Crippen LogP contribution in [0, 0.1) is 17.5 Å². The molecule has 0 bridgehead atoms. The first-order valence-corrected chi connectivity index (χ1v) is 11.3. The third kappa shape index (κ3) is 5.49. The van der Waals surface area contributed by atoms with Crippen molar-refractivity contribution in [2.24, 2.45) is 0 Å². The predicted molar refractivity (Wildman–Crippen MR) is 130 cm³/mol. The molecule has 1 unspecified atom stereocenters. The Hall–Kier alpha value is -3.77. The Morgan fingerprint density at radius 3 is 1.97 bits per heavy atom. The summed E-state index contributed by atoms with van der Waals surface area (Å²) >= 11 is 0. The minimum atomic E-state index is -1.07. The van der Waals surface area contributed by atoms with Crippen molar-refractivity contribution in [2.75, 3.05) is 6.61 Å². The van der Waals surface area contributed by atoms with Crippen LogP contribution in [0.15, 0.2) is 78.9 Å². The summed E-state index contributed by atoms with van der Waals surface area (Å²) in [6.45, 7) is 3.85. The van der Waals surface area contributed by atoms with Crippen molar-refractivity contribution >= 4 is 0 Å². The van der Waals surface area contributed by atoms with Crippen molar-refractivity contribution in [1.29, 1.82) is 0 Å². The lowest BCUT2D eigenvalue weighted by atomic mass is 10.0. The van der Waals surface area contributed by atoms with Gasteiger partial charge in [-0.25, -0.2) is 8.78 Å². The minimum absolute atomic E-state index is 0.0384. The van der Waals surface area contributed by atoms with Crippen molar-refractivity contribution in [3.05, 3.63) is 107 Å². The molecule has 1 atom stereocenters. The Bertz CT molecular complexity index is 1300. The molecular formula is C29H25F3O3. The van der Waals surface area contributed by atoms with E-state index < -0.39 is 23.6 Å². The van der Waals surface area contributed by atoms with E-state index >= 15 is 0 Å². The lowest BCUT2D eigenvalue weighted by molar-refractivity contribution is 0.199. The zero-order valence-electron chi connectivity index (χ0n) is 19.4. The topological polar surface area (TPSA) is 38.7 Å². The molecule has 4 rings (SSSR count). The van der Waals surface area contributed by atoms with Crippen molar-refractivity contribution < 1.29 is 27.8 Å². The summed E-state index contributed by atoms with van der Waals surface area (Å²) in [5.74, 6) is -2.48. The van der Waals surface area contributed by atoms with Gasteiger partial charge >= 0.3 is 0 Å². The van der Waals surface area contributed by atoms with E-state index in [9.17, 15) is 18.3 Å². The van der Waals surface area contributed by atoms with Gasteiger partial charge in [0.15, 0.2) is 23.1 Å². The molecule has 0 radical (unpaired) electrons. The van der Waals surface area contributed by atoms with Crippen molar-refractivity contribution in [1.82, 2.24) is 0 Å². The van der Waals surface area contributed by atoms with Crippen LogP contribution >= 0.6 is 0 Å². The molecule has 0 saturated heterocycles. The number of hydrogen-bond acceptors (Lipinski definition) is 3. The zero-order valence-corrected chi connectivity index (χ0v) is 19.4. The van der Waals surface area contributed by atoms with Crippen LogP contribution < -0.4 is 9.47 Å². The van der Waals surface area contributed by atoms with Crippen LogP contribution in [-0.4, -0.2) is 11.7 Å². The molecule has 4 aromatic carbocycles. The van der Waals surface area contributed by atoms with Gasteiger partial charge in [0.05, 0.1) is 12.7 Å². The second kappa shape index (κ2) is 10.7. The van der Waals surface area contributed by atoms with Gasteiger partial charge in [0.2, 0.25) is 5.82 Å². The maximum absolute atomic E-state index is 14.7. The number of halogens is 3. The molecule has 0 aliphatic heterocycles. The Kier molecular flexibility index (Phi) is 7.42. The largest absolute Gasteiger partial charge is 0.491 e. The van der Waals surface area contributed by atoms with Crippen LogP contribution in [0.3, 0.4) is 0 Å². The van der Waals surface area contributed by atoms with Gasteiger partial charge < -0.3 is 14.6 Å². The summed E-state index contributed by atoms with van der Waals surface area (Å²) in [5, 5.41) is 9.62. The highest BCUT2D eigenvalue weighted by Gasteiger charge is 2.16. The van der Waals surface area contributed by atoms with Crippen LogP contribution in [0.25, 0.3) is 22.3 Å². The van der Waals surface area contributed by atoms with Gasteiger partial charge in [0.25, 0.3) is 0 Å². The Morgan fingerprint density at radius 1 is 0.714 bits per heavy atom. The molecule has 4 aromatic rings. The van der Waals surface area contributed by atoms with Crippen molar-refractivity contribution in [2.45, 2.75) is 26.6 Å². The highest BCUT2D eigenvalue weighted by molar-refractivity contribution is 5.66. The third-order valence-corrected chi connectivity index (χ3v) is 5.66. The lowest BCUT2D eigenvalue weighted by Crippen LogP contribution is -2.00. The van der Waals surface area contributed by atoms with E-state index in [4.69, 9.17) is 9.47 Å². The molecule has 180 valence electrons. The normalized spacial score (nSPS) is 11.8. The summed E-state index contributed by atoms with van der Waals surface area (Å²) in [7, 11) is 0. The molecular weight excluding hydrogens is 453 g/mol. The fourth-order valence-electron chi connectivity index (χ4n) is 3.71. The van der Waals surface area contributed by atoms with Gasteiger partial charge in [-0.3, -0.25) is 0 Å². The summed E-state index contributed by atoms with van der Waals surface area (Å²) in [4.78, 5) is 0. The van der Waals surface area contributed by atoms with E-state index in [0.29, 0.717) is 23.3 Å². The summed E-state index contributed by atoms with van der Waals surface area (Å²) in [5.41, 5.74) is 3.55. The molecule has 0 spiro atoms. The molecule has 1 N–H and O–H groups in total. The van der Waals surface area contributed by atoms with Gasteiger partial charge in [0.1, 0.15) is 6.61 Å².